The fraction of sp³-hybridized carbons (Fsp3) is 0.579. The number of hydrogen-bond acceptors (Lipinski definition) is 3. The molecule has 0 bridgehead atoms. The van der Waals surface area contributed by atoms with E-state index in [2.05, 4.69) is 0 Å². The van der Waals surface area contributed by atoms with Gasteiger partial charge < -0.3 is 14.5 Å². The first-order valence-corrected chi connectivity index (χ1v) is 9.00. The van der Waals surface area contributed by atoms with Gasteiger partial charge in [0.1, 0.15) is 5.82 Å². The summed E-state index contributed by atoms with van der Waals surface area (Å²) in [6.07, 6.45) is 2.24. The molecule has 3 saturated heterocycles. The fourth-order valence-electron chi connectivity index (χ4n) is 4.11. The van der Waals surface area contributed by atoms with Crippen LogP contribution in [0.2, 0.25) is 0 Å². The van der Waals surface area contributed by atoms with Gasteiger partial charge in [0, 0.05) is 32.1 Å². The minimum Gasteiger partial charge on any atom is -0.372 e. The second kappa shape index (κ2) is 6.41. The van der Waals surface area contributed by atoms with Gasteiger partial charge in [0.25, 0.3) is 5.91 Å². The molecule has 4 rings (SSSR count). The van der Waals surface area contributed by atoms with Gasteiger partial charge >= 0.3 is 0 Å². The number of ether oxygens (including phenoxy) is 1. The molecule has 3 aliphatic heterocycles. The van der Waals surface area contributed by atoms with E-state index in [4.69, 9.17) is 4.74 Å². The van der Waals surface area contributed by atoms with Gasteiger partial charge in [0.05, 0.1) is 24.2 Å². The summed E-state index contributed by atoms with van der Waals surface area (Å²) < 4.78 is 20.1. The number of hydrogen-bond donors (Lipinski definition) is 0. The van der Waals surface area contributed by atoms with Crippen molar-refractivity contribution in [3.63, 3.8) is 0 Å². The number of nitrogens with zero attached hydrogens (tertiary/aromatic N) is 2. The first-order valence-electron chi connectivity index (χ1n) is 9.00. The van der Waals surface area contributed by atoms with E-state index in [1.54, 1.807) is 24.0 Å². The average Bonchev–Trinajstić information content (AvgIpc) is 3.03. The fourth-order valence-corrected chi connectivity index (χ4v) is 4.11. The van der Waals surface area contributed by atoms with Crippen LogP contribution in [0.3, 0.4) is 0 Å². The van der Waals surface area contributed by atoms with Crippen LogP contribution in [0.15, 0.2) is 18.2 Å². The third kappa shape index (κ3) is 3.03. The second-order valence-electron chi connectivity index (χ2n) is 7.37. The van der Waals surface area contributed by atoms with Crippen LogP contribution < -0.4 is 0 Å². The van der Waals surface area contributed by atoms with Crippen LogP contribution in [0, 0.1) is 18.7 Å². The zero-order valence-corrected chi connectivity index (χ0v) is 14.4. The SMILES string of the molecule is Cc1cccc(F)c1C(=O)N1C[C@@H]2C[C@@H](CC(=O)N3CCC3)O[C@@H]2C1. The highest BCUT2D eigenvalue weighted by Gasteiger charge is 2.44. The van der Waals surface area contributed by atoms with Crippen LogP contribution in [-0.2, 0) is 9.53 Å². The zero-order chi connectivity index (χ0) is 17.6. The van der Waals surface area contributed by atoms with Crippen molar-refractivity contribution in [2.45, 2.75) is 38.4 Å². The maximum Gasteiger partial charge on any atom is 0.257 e. The van der Waals surface area contributed by atoms with E-state index >= 15 is 0 Å². The van der Waals surface area contributed by atoms with E-state index in [-0.39, 0.29) is 35.5 Å². The molecule has 0 aromatic heterocycles. The first kappa shape index (κ1) is 16.5. The molecule has 3 heterocycles. The highest BCUT2D eigenvalue weighted by atomic mass is 19.1. The number of carbonyl (C=O) groups excluding carboxylic acids is 2. The van der Waals surface area contributed by atoms with Gasteiger partial charge in [0.2, 0.25) is 5.91 Å². The summed E-state index contributed by atoms with van der Waals surface area (Å²) in [7, 11) is 0. The standard InChI is InChI=1S/C19H23FN2O3/c1-12-4-2-5-15(20)18(12)19(24)22-10-13-8-14(25-16(13)11-22)9-17(23)21-6-3-7-21/h2,4-5,13-14,16H,3,6-11H2,1H3/t13-,14-,16+/m0/s1. The Kier molecular flexibility index (Phi) is 4.23. The van der Waals surface area contributed by atoms with E-state index in [1.807, 2.05) is 4.90 Å². The Labute approximate surface area is 146 Å². The molecule has 1 aromatic carbocycles. The number of carbonyl (C=O) groups is 2. The molecule has 5 nitrogen and oxygen atoms in total. The van der Waals surface area contributed by atoms with Crippen LogP contribution in [0.4, 0.5) is 4.39 Å². The molecule has 0 N–H and O–H groups in total. The van der Waals surface area contributed by atoms with Gasteiger partial charge in [-0.2, -0.15) is 0 Å². The third-order valence-corrected chi connectivity index (χ3v) is 5.65. The number of likely N-dealkylation sites (tertiary alicyclic amines) is 2. The molecule has 134 valence electrons. The smallest absolute Gasteiger partial charge is 0.257 e. The van der Waals surface area contributed by atoms with E-state index < -0.39 is 5.82 Å². The predicted molar refractivity (Wildman–Crippen MR) is 89.6 cm³/mol. The Balaban J connectivity index is 1.36. The van der Waals surface area contributed by atoms with Crippen molar-refractivity contribution >= 4 is 11.8 Å². The molecule has 25 heavy (non-hydrogen) atoms. The monoisotopic (exact) mass is 346 g/mol. The maximum absolute atomic E-state index is 14.0. The molecule has 6 heteroatoms. The molecule has 0 aliphatic carbocycles. The summed E-state index contributed by atoms with van der Waals surface area (Å²) in [6, 6.07) is 4.69. The van der Waals surface area contributed by atoms with Gasteiger partial charge in [0.15, 0.2) is 0 Å². The summed E-state index contributed by atoms with van der Waals surface area (Å²) in [4.78, 5) is 28.3. The minimum atomic E-state index is -0.471. The zero-order valence-electron chi connectivity index (χ0n) is 14.4. The Morgan fingerprint density at radius 2 is 2.04 bits per heavy atom. The summed E-state index contributed by atoms with van der Waals surface area (Å²) in [5.74, 6) is -0.320. The Hall–Kier alpha value is -1.95. The van der Waals surface area contributed by atoms with E-state index in [9.17, 15) is 14.0 Å². The summed E-state index contributed by atoms with van der Waals surface area (Å²) >= 11 is 0. The largest absolute Gasteiger partial charge is 0.372 e. The van der Waals surface area contributed by atoms with Gasteiger partial charge in [-0.3, -0.25) is 9.59 Å². The molecule has 3 atom stereocenters. The van der Waals surface area contributed by atoms with Crippen molar-refractivity contribution in [3.8, 4) is 0 Å². The summed E-state index contributed by atoms with van der Waals surface area (Å²) in [5.41, 5.74) is 0.813. The minimum absolute atomic E-state index is 0.0368. The molecular weight excluding hydrogens is 323 g/mol. The lowest BCUT2D eigenvalue weighted by molar-refractivity contribution is -0.137. The lowest BCUT2D eigenvalue weighted by atomic mass is 10.0. The topological polar surface area (TPSA) is 49.9 Å². The first-order chi connectivity index (χ1) is 12.0. The molecule has 0 unspecified atom stereocenters. The Bertz CT molecular complexity index is 670. The molecule has 3 aliphatic rings. The average molecular weight is 346 g/mol. The predicted octanol–water partition coefficient (Wildman–Crippen LogP) is 1.99. The highest BCUT2D eigenvalue weighted by Crippen LogP contribution is 2.35. The van der Waals surface area contributed by atoms with Crippen LogP contribution in [0.1, 0.15) is 35.2 Å². The van der Waals surface area contributed by atoms with Crippen molar-refractivity contribution in [3.05, 3.63) is 35.1 Å². The van der Waals surface area contributed by atoms with Crippen LogP contribution in [0.5, 0.6) is 0 Å². The number of amides is 2. The van der Waals surface area contributed by atoms with Gasteiger partial charge in [-0.15, -0.1) is 0 Å². The van der Waals surface area contributed by atoms with Crippen LogP contribution in [-0.4, -0.2) is 60.0 Å². The lowest BCUT2D eigenvalue weighted by Crippen LogP contribution is -2.43. The molecule has 3 fully saturated rings. The molecule has 0 radical (unpaired) electrons. The summed E-state index contributed by atoms with van der Waals surface area (Å²) in [6.45, 7) is 4.53. The second-order valence-corrected chi connectivity index (χ2v) is 7.37. The number of fused-ring (bicyclic) bond motifs is 1. The molecule has 1 aromatic rings. The van der Waals surface area contributed by atoms with Crippen molar-refractivity contribution in [2.24, 2.45) is 5.92 Å². The van der Waals surface area contributed by atoms with Gasteiger partial charge in [-0.1, -0.05) is 12.1 Å². The summed E-state index contributed by atoms with van der Waals surface area (Å²) in [5, 5.41) is 0. The normalized spacial score (nSPS) is 28.0. The molecule has 2 amide bonds. The van der Waals surface area contributed by atoms with Gasteiger partial charge in [-0.05, 0) is 31.4 Å². The molecular formula is C19H23FN2O3. The van der Waals surface area contributed by atoms with E-state index in [0.29, 0.717) is 25.1 Å². The van der Waals surface area contributed by atoms with Crippen molar-refractivity contribution in [1.82, 2.24) is 9.80 Å². The van der Waals surface area contributed by atoms with Gasteiger partial charge in [-0.25, -0.2) is 4.39 Å². The number of benzene rings is 1. The molecule has 0 spiro atoms. The molecule has 0 saturated carbocycles. The lowest BCUT2D eigenvalue weighted by Gasteiger charge is -2.31. The number of halogens is 1. The van der Waals surface area contributed by atoms with Crippen molar-refractivity contribution in [1.29, 1.82) is 0 Å². The van der Waals surface area contributed by atoms with Crippen molar-refractivity contribution in [2.75, 3.05) is 26.2 Å². The van der Waals surface area contributed by atoms with Crippen LogP contribution in [0.25, 0.3) is 0 Å². The number of aryl methyl sites for hydroxylation is 1. The maximum atomic E-state index is 14.0. The van der Waals surface area contributed by atoms with Crippen LogP contribution >= 0.6 is 0 Å². The third-order valence-electron chi connectivity index (χ3n) is 5.65. The highest BCUT2D eigenvalue weighted by molar-refractivity contribution is 5.96. The quantitative estimate of drug-likeness (QED) is 0.841. The van der Waals surface area contributed by atoms with Crippen molar-refractivity contribution < 1.29 is 18.7 Å². The number of rotatable bonds is 3. The Morgan fingerprint density at radius 1 is 1.24 bits per heavy atom. The van der Waals surface area contributed by atoms with E-state index in [1.165, 1.54) is 6.07 Å². The Morgan fingerprint density at radius 3 is 2.68 bits per heavy atom. The van der Waals surface area contributed by atoms with E-state index in [0.717, 1.165) is 25.9 Å².